The Morgan fingerprint density at radius 2 is 1.28 bits per heavy atom. The summed E-state index contributed by atoms with van der Waals surface area (Å²) in [5.74, 6) is 2.76. The minimum atomic E-state index is 0.120. The summed E-state index contributed by atoms with van der Waals surface area (Å²) >= 11 is 0. The predicted molar refractivity (Wildman–Crippen MR) is 100 cm³/mol. The van der Waals surface area contributed by atoms with Crippen LogP contribution >= 0.6 is 0 Å². The van der Waals surface area contributed by atoms with Crippen LogP contribution in [0.5, 0.6) is 11.5 Å². The monoisotopic (exact) mass is 340 g/mol. The number of methoxy groups -OCH3 is 2. The molecule has 0 N–H and O–H groups in total. The van der Waals surface area contributed by atoms with Crippen LogP contribution in [0.15, 0.2) is 48.5 Å². The van der Waals surface area contributed by atoms with Crippen LogP contribution in [-0.2, 0) is 4.74 Å². The second kappa shape index (κ2) is 7.92. The van der Waals surface area contributed by atoms with Crippen molar-refractivity contribution >= 4 is 0 Å². The first-order valence-electron chi connectivity index (χ1n) is 9.11. The lowest BCUT2D eigenvalue weighted by Gasteiger charge is -2.21. The van der Waals surface area contributed by atoms with Crippen LogP contribution in [0.2, 0.25) is 0 Å². The van der Waals surface area contributed by atoms with Gasteiger partial charge in [-0.1, -0.05) is 44.5 Å². The van der Waals surface area contributed by atoms with Crippen LogP contribution < -0.4 is 9.47 Å². The van der Waals surface area contributed by atoms with Crippen molar-refractivity contribution in [3.05, 3.63) is 59.7 Å². The van der Waals surface area contributed by atoms with Gasteiger partial charge in [0.1, 0.15) is 11.5 Å². The van der Waals surface area contributed by atoms with E-state index in [1.54, 1.807) is 14.2 Å². The maximum Gasteiger partial charge on any atom is 0.118 e. The van der Waals surface area contributed by atoms with Crippen molar-refractivity contribution in [2.24, 2.45) is 11.8 Å². The molecule has 25 heavy (non-hydrogen) atoms. The zero-order valence-electron chi connectivity index (χ0n) is 15.6. The maximum absolute atomic E-state index is 6.58. The molecule has 0 unspecified atom stereocenters. The fraction of sp³-hybridized carbons (Fsp3) is 0.455. The average molecular weight is 340 g/mol. The maximum atomic E-state index is 6.58. The molecule has 4 atom stereocenters. The molecule has 3 heteroatoms. The molecule has 2 aromatic rings. The normalized spacial score (nSPS) is 25.8. The van der Waals surface area contributed by atoms with Crippen molar-refractivity contribution in [1.82, 2.24) is 0 Å². The van der Waals surface area contributed by atoms with Crippen molar-refractivity contribution in [1.29, 1.82) is 0 Å². The van der Waals surface area contributed by atoms with Crippen LogP contribution in [0.4, 0.5) is 0 Å². The van der Waals surface area contributed by atoms with Crippen molar-refractivity contribution in [3.63, 3.8) is 0 Å². The van der Waals surface area contributed by atoms with E-state index in [1.165, 1.54) is 24.0 Å². The molecule has 3 nitrogen and oxygen atoms in total. The summed E-state index contributed by atoms with van der Waals surface area (Å²) in [6.07, 6.45) is 2.59. The van der Waals surface area contributed by atoms with Gasteiger partial charge in [-0.2, -0.15) is 0 Å². The van der Waals surface area contributed by atoms with Gasteiger partial charge in [0.25, 0.3) is 0 Å². The van der Waals surface area contributed by atoms with Crippen molar-refractivity contribution in [3.8, 4) is 11.5 Å². The van der Waals surface area contributed by atoms with E-state index in [1.807, 2.05) is 24.3 Å². The second-order valence-corrected chi connectivity index (χ2v) is 6.84. The Balaban J connectivity index is 1.86. The van der Waals surface area contributed by atoms with Gasteiger partial charge in [0.15, 0.2) is 0 Å². The van der Waals surface area contributed by atoms with Gasteiger partial charge in [0.05, 0.1) is 26.4 Å². The third-order valence-corrected chi connectivity index (χ3v) is 5.35. The Hall–Kier alpha value is -2.00. The van der Waals surface area contributed by atoms with Crippen LogP contribution in [0.3, 0.4) is 0 Å². The lowest BCUT2D eigenvalue weighted by Crippen LogP contribution is -2.13. The smallest absolute Gasteiger partial charge is 0.118 e. The summed E-state index contributed by atoms with van der Waals surface area (Å²) in [6, 6.07) is 16.6. The van der Waals surface area contributed by atoms with E-state index in [0.717, 1.165) is 11.5 Å². The van der Waals surface area contributed by atoms with Crippen molar-refractivity contribution < 1.29 is 14.2 Å². The average Bonchev–Trinajstić information content (AvgIpc) is 2.99. The number of ether oxygens (including phenoxy) is 3. The van der Waals surface area contributed by atoms with E-state index in [4.69, 9.17) is 14.2 Å². The minimum absolute atomic E-state index is 0.120. The van der Waals surface area contributed by atoms with E-state index in [-0.39, 0.29) is 12.2 Å². The molecule has 0 saturated carbocycles. The van der Waals surface area contributed by atoms with Gasteiger partial charge in [-0.25, -0.2) is 0 Å². The summed E-state index contributed by atoms with van der Waals surface area (Å²) in [5, 5.41) is 0. The van der Waals surface area contributed by atoms with Gasteiger partial charge in [0, 0.05) is 0 Å². The first-order valence-corrected chi connectivity index (χ1v) is 9.11. The molecule has 0 aliphatic carbocycles. The highest BCUT2D eigenvalue weighted by Gasteiger charge is 2.42. The lowest BCUT2D eigenvalue weighted by atomic mass is 9.81. The Morgan fingerprint density at radius 3 is 1.72 bits per heavy atom. The number of rotatable bonds is 6. The van der Waals surface area contributed by atoms with E-state index >= 15 is 0 Å². The fourth-order valence-corrected chi connectivity index (χ4v) is 3.93. The molecule has 0 amide bonds. The zero-order chi connectivity index (χ0) is 17.8. The largest absolute Gasteiger partial charge is 0.497 e. The molecule has 0 bridgehead atoms. The quantitative estimate of drug-likeness (QED) is 0.688. The van der Waals surface area contributed by atoms with Crippen molar-refractivity contribution in [2.45, 2.75) is 38.9 Å². The van der Waals surface area contributed by atoms with E-state index in [2.05, 4.69) is 38.1 Å². The van der Waals surface area contributed by atoms with Crippen molar-refractivity contribution in [2.75, 3.05) is 14.2 Å². The molecule has 3 rings (SSSR count). The van der Waals surface area contributed by atoms with E-state index in [0.29, 0.717) is 11.8 Å². The predicted octanol–water partition coefficient (Wildman–Crippen LogP) is 5.57. The fourth-order valence-electron chi connectivity index (χ4n) is 3.93. The molecular weight excluding hydrogens is 312 g/mol. The van der Waals surface area contributed by atoms with Crippen LogP contribution in [0.1, 0.15) is 50.0 Å². The summed E-state index contributed by atoms with van der Waals surface area (Å²) in [6.45, 7) is 4.57. The summed E-state index contributed by atoms with van der Waals surface area (Å²) in [7, 11) is 3.39. The minimum Gasteiger partial charge on any atom is -0.497 e. The standard InChI is InChI=1S/C22H28O3/c1-5-6-20-15(2)21(16-7-11-18(23-3)12-8-16)25-22(20)17-9-13-19(24-4)14-10-17/h7-15,20-22H,5-6H2,1-4H3/t15-,20-,21-,22+/m1/s1. The van der Waals surface area contributed by atoms with Gasteiger partial charge in [-0.05, 0) is 53.6 Å². The Morgan fingerprint density at radius 1 is 0.800 bits per heavy atom. The van der Waals surface area contributed by atoms with E-state index < -0.39 is 0 Å². The number of hydrogen-bond acceptors (Lipinski definition) is 3. The van der Waals surface area contributed by atoms with Gasteiger partial charge in [-0.15, -0.1) is 0 Å². The Kier molecular flexibility index (Phi) is 5.64. The van der Waals surface area contributed by atoms with Crippen LogP contribution in [-0.4, -0.2) is 14.2 Å². The van der Waals surface area contributed by atoms with Crippen LogP contribution in [0.25, 0.3) is 0 Å². The van der Waals surface area contributed by atoms with Gasteiger partial charge >= 0.3 is 0 Å². The Labute approximate surface area is 150 Å². The molecule has 1 aliphatic heterocycles. The topological polar surface area (TPSA) is 27.7 Å². The molecule has 134 valence electrons. The Bertz CT molecular complexity index is 663. The highest BCUT2D eigenvalue weighted by molar-refractivity contribution is 5.32. The molecule has 0 aromatic heterocycles. The molecule has 1 saturated heterocycles. The van der Waals surface area contributed by atoms with Gasteiger partial charge < -0.3 is 14.2 Å². The molecule has 1 heterocycles. The molecular formula is C22H28O3. The summed E-state index contributed by atoms with van der Waals surface area (Å²) in [5.41, 5.74) is 2.47. The summed E-state index contributed by atoms with van der Waals surface area (Å²) < 4.78 is 17.1. The zero-order valence-corrected chi connectivity index (χ0v) is 15.6. The third kappa shape index (κ3) is 3.67. The summed E-state index contributed by atoms with van der Waals surface area (Å²) in [4.78, 5) is 0. The van der Waals surface area contributed by atoms with Crippen LogP contribution in [0, 0.1) is 11.8 Å². The first-order chi connectivity index (χ1) is 12.2. The lowest BCUT2D eigenvalue weighted by molar-refractivity contribution is 0.0270. The van der Waals surface area contributed by atoms with Gasteiger partial charge in [0.2, 0.25) is 0 Å². The molecule has 1 fully saturated rings. The first kappa shape index (κ1) is 17.8. The molecule has 0 radical (unpaired) electrons. The molecule has 0 spiro atoms. The highest BCUT2D eigenvalue weighted by Crippen LogP contribution is 2.51. The number of hydrogen-bond donors (Lipinski definition) is 0. The number of benzene rings is 2. The van der Waals surface area contributed by atoms with Gasteiger partial charge in [-0.3, -0.25) is 0 Å². The molecule has 2 aromatic carbocycles. The van der Waals surface area contributed by atoms with E-state index in [9.17, 15) is 0 Å². The second-order valence-electron chi connectivity index (χ2n) is 6.84. The third-order valence-electron chi connectivity index (χ3n) is 5.35. The highest BCUT2D eigenvalue weighted by atomic mass is 16.5. The molecule has 1 aliphatic rings. The SMILES string of the molecule is CCC[C@@H]1[C@@H](C)[C@H](c2ccc(OC)cc2)O[C@H]1c1ccc(OC)cc1.